The van der Waals surface area contributed by atoms with E-state index in [-0.39, 0.29) is 23.3 Å². The molecule has 0 atom stereocenters. The van der Waals surface area contributed by atoms with Gasteiger partial charge < -0.3 is 10.6 Å². The van der Waals surface area contributed by atoms with Crippen LogP contribution in [0.2, 0.25) is 0 Å². The van der Waals surface area contributed by atoms with Gasteiger partial charge in [-0.2, -0.15) is 9.36 Å². The third-order valence-electron chi connectivity index (χ3n) is 1.11. The van der Waals surface area contributed by atoms with Crippen molar-refractivity contribution in [1.82, 2.24) is 9.36 Å². The third kappa shape index (κ3) is 2.93. The molecule has 14 heavy (non-hydrogen) atoms. The van der Waals surface area contributed by atoms with Crippen molar-refractivity contribution in [2.75, 3.05) is 18.2 Å². The lowest BCUT2D eigenvalue weighted by atomic mass is 10.4. The van der Waals surface area contributed by atoms with Gasteiger partial charge in [0.25, 0.3) is 0 Å². The molecule has 0 aromatic carbocycles. The van der Waals surface area contributed by atoms with Crippen molar-refractivity contribution >= 4 is 40.3 Å². The Hall–Kier alpha value is -1.21. The van der Waals surface area contributed by atoms with Gasteiger partial charge in [-0.1, -0.05) is 5.16 Å². The molecule has 1 heterocycles. The number of oxime groups is 1. The molecule has 0 saturated heterocycles. The van der Waals surface area contributed by atoms with E-state index >= 15 is 0 Å². The number of nitrogens with two attached hydrogens (primary N) is 1. The van der Waals surface area contributed by atoms with E-state index in [1.54, 1.807) is 0 Å². The fourth-order valence-corrected chi connectivity index (χ4v) is 1.11. The zero-order valence-corrected chi connectivity index (χ0v) is 8.59. The first-order chi connectivity index (χ1) is 6.77. The summed E-state index contributed by atoms with van der Waals surface area (Å²) >= 11 is 6.33. The van der Waals surface area contributed by atoms with E-state index in [1.165, 1.54) is 0 Å². The highest BCUT2D eigenvalue weighted by molar-refractivity contribution is 7.09. The van der Waals surface area contributed by atoms with E-state index in [4.69, 9.17) is 22.2 Å². The van der Waals surface area contributed by atoms with Crippen LogP contribution in [0.5, 0.6) is 0 Å². The second kappa shape index (κ2) is 5.51. The van der Waals surface area contributed by atoms with Crippen LogP contribution in [-0.2, 0) is 9.63 Å². The number of nitrogens with zero attached hydrogens (tertiary/aromatic N) is 3. The molecule has 0 aliphatic rings. The number of carbonyl (C=O) groups excluding carboxylic acids is 1. The molecule has 1 aromatic rings. The Morgan fingerprint density at radius 3 is 3.07 bits per heavy atom. The minimum absolute atomic E-state index is 0.00284. The molecule has 0 aliphatic carbocycles. The normalized spacial score (nSPS) is 11.4. The molecule has 8 heteroatoms. The summed E-state index contributed by atoms with van der Waals surface area (Å²) in [6.07, 6.45) is 0.496. The van der Waals surface area contributed by atoms with Gasteiger partial charge in [0.1, 0.15) is 6.61 Å². The Bertz CT molecular complexity index is 340. The summed E-state index contributed by atoms with van der Waals surface area (Å²) in [5.74, 6) is 0.458. The number of nitrogen functional groups attached to an aromatic ring is 1. The number of alkyl halides is 1. The lowest BCUT2D eigenvalue weighted by molar-refractivity contribution is -0.102. The van der Waals surface area contributed by atoms with Gasteiger partial charge >= 0.3 is 0 Å². The van der Waals surface area contributed by atoms with E-state index in [2.05, 4.69) is 14.5 Å². The fraction of sp³-hybridized carbons (Fsp3) is 0.333. The lowest BCUT2D eigenvalue weighted by Gasteiger charge is -1.94. The van der Waals surface area contributed by atoms with Crippen LogP contribution in [0, 0.1) is 0 Å². The monoisotopic (exact) mass is 234 g/mol. The largest absolute Gasteiger partial charge is 0.394 e. The van der Waals surface area contributed by atoms with Gasteiger partial charge in [-0.25, -0.2) is 0 Å². The van der Waals surface area contributed by atoms with Crippen molar-refractivity contribution in [1.29, 1.82) is 0 Å². The van der Waals surface area contributed by atoms with Crippen LogP contribution in [0.25, 0.3) is 0 Å². The number of rotatable bonds is 5. The smallest absolute Gasteiger partial charge is 0.200 e. The maximum Gasteiger partial charge on any atom is 0.200 e. The van der Waals surface area contributed by atoms with Gasteiger partial charge in [0.15, 0.2) is 23.0 Å². The zero-order valence-electron chi connectivity index (χ0n) is 7.01. The van der Waals surface area contributed by atoms with Crippen LogP contribution in [-0.4, -0.2) is 33.8 Å². The molecule has 0 saturated carbocycles. The quantitative estimate of drug-likeness (QED) is 0.260. The number of carbonyl (C=O) groups is 1. The molecule has 0 radical (unpaired) electrons. The summed E-state index contributed by atoms with van der Waals surface area (Å²) < 4.78 is 3.80. The molecule has 0 aliphatic heterocycles. The molecule has 76 valence electrons. The first-order valence-corrected chi connectivity index (χ1v) is 4.89. The summed E-state index contributed by atoms with van der Waals surface area (Å²) in [6, 6.07) is 0. The number of aldehydes is 1. The van der Waals surface area contributed by atoms with E-state index in [0.717, 1.165) is 11.5 Å². The molecule has 1 aromatic heterocycles. The van der Waals surface area contributed by atoms with E-state index in [9.17, 15) is 4.79 Å². The van der Waals surface area contributed by atoms with Gasteiger partial charge in [-0.15, -0.1) is 11.6 Å². The summed E-state index contributed by atoms with van der Waals surface area (Å²) in [6.45, 7) is 0.221. The second-order valence-electron chi connectivity index (χ2n) is 2.07. The van der Waals surface area contributed by atoms with Crippen molar-refractivity contribution in [2.24, 2.45) is 5.16 Å². The topological polar surface area (TPSA) is 90.5 Å². The average molecular weight is 235 g/mol. The van der Waals surface area contributed by atoms with Crippen molar-refractivity contribution in [3.8, 4) is 0 Å². The second-order valence-corrected chi connectivity index (χ2v) is 3.23. The van der Waals surface area contributed by atoms with E-state index in [1.807, 2.05) is 0 Å². The van der Waals surface area contributed by atoms with E-state index < -0.39 is 0 Å². The molecule has 0 bridgehead atoms. The van der Waals surface area contributed by atoms with Gasteiger partial charge in [0.05, 0.1) is 5.88 Å². The van der Waals surface area contributed by atoms with Crippen LogP contribution in [0.4, 0.5) is 5.13 Å². The SMILES string of the molecule is Nc1nc(C(C=O)=NOCCCl)ns1. The summed E-state index contributed by atoms with van der Waals surface area (Å²) in [4.78, 5) is 19.0. The molecule has 0 amide bonds. The minimum Gasteiger partial charge on any atom is -0.394 e. The van der Waals surface area contributed by atoms with Crippen LogP contribution >= 0.6 is 23.1 Å². The minimum atomic E-state index is 0.00284. The molecular formula is C6H7ClN4O2S. The molecule has 0 fully saturated rings. The third-order valence-corrected chi connectivity index (χ3v) is 1.81. The van der Waals surface area contributed by atoms with Crippen molar-refractivity contribution in [3.05, 3.63) is 5.82 Å². The van der Waals surface area contributed by atoms with Crippen molar-refractivity contribution in [3.63, 3.8) is 0 Å². The number of aromatic nitrogens is 2. The first-order valence-electron chi connectivity index (χ1n) is 3.58. The van der Waals surface area contributed by atoms with Crippen molar-refractivity contribution < 1.29 is 9.63 Å². The van der Waals surface area contributed by atoms with E-state index in [0.29, 0.717) is 12.2 Å². The van der Waals surface area contributed by atoms with Gasteiger partial charge in [-0.05, 0) is 0 Å². The fourth-order valence-electron chi connectivity index (χ4n) is 0.604. The summed E-state index contributed by atoms with van der Waals surface area (Å²) in [5, 5.41) is 3.78. The molecule has 6 nitrogen and oxygen atoms in total. The number of hydrogen-bond acceptors (Lipinski definition) is 7. The first kappa shape index (κ1) is 10.9. The highest BCUT2D eigenvalue weighted by atomic mass is 35.5. The molecule has 0 spiro atoms. The highest BCUT2D eigenvalue weighted by Gasteiger charge is 2.09. The van der Waals surface area contributed by atoms with Gasteiger partial charge in [0.2, 0.25) is 0 Å². The Morgan fingerprint density at radius 1 is 1.79 bits per heavy atom. The molecular weight excluding hydrogens is 228 g/mol. The Kier molecular flexibility index (Phi) is 4.27. The van der Waals surface area contributed by atoms with Crippen molar-refractivity contribution in [2.45, 2.75) is 0 Å². The zero-order chi connectivity index (χ0) is 10.4. The summed E-state index contributed by atoms with van der Waals surface area (Å²) in [5.41, 5.74) is 5.34. The van der Waals surface area contributed by atoms with Crippen LogP contribution in [0.1, 0.15) is 5.82 Å². The molecule has 0 unspecified atom stereocenters. The Morgan fingerprint density at radius 2 is 2.57 bits per heavy atom. The highest BCUT2D eigenvalue weighted by Crippen LogP contribution is 2.05. The molecule has 2 N–H and O–H groups in total. The maximum atomic E-state index is 10.5. The maximum absolute atomic E-state index is 10.5. The Labute approximate surface area is 88.9 Å². The molecule has 1 rings (SSSR count). The lowest BCUT2D eigenvalue weighted by Crippen LogP contribution is -2.06. The van der Waals surface area contributed by atoms with Crippen LogP contribution in [0.3, 0.4) is 0 Å². The number of halogens is 1. The number of anilines is 1. The average Bonchev–Trinajstić information content (AvgIpc) is 2.60. The summed E-state index contributed by atoms with van der Waals surface area (Å²) in [7, 11) is 0. The van der Waals surface area contributed by atoms with Crippen LogP contribution in [0.15, 0.2) is 5.16 Å². The van der Waals surface area contributed by atoms with Crippen LogP contribution < -0.4 is 5.73 Å². The van der Waals surface area contributed by atoms with Gasteiger partial charge in [-0.3, -0.25) is 4.79 Å². The standard InChI is InChI=1S/C6H7ClN4O2S/c7-1-2-13-10-4(3-12)5-9-6(8)14-11-5/h3H,1-2H2,(H2,8,9,11). The predicted molar refractivity (Wildman–Crippen MR) is 53.6 cm³/mol. The Balaban J connectivity index is 2.71. The number of hydrogen-bond donors (Lipinski definition) is 1. The predicted octanol–water partition coefficient (Wildman–Crippen LogP) is 0.279. The van der Waals surface area contributed by atoms with Gasteiger partial charge in [0, 0.05) is 11.5 Å².